The van der Waals surface area contributed by atoms with Crippen LogP contribution in [-0.4, -0.2) is 56.1 Å². The number of piperidine rings is 1. The Morgan fingerprint density at radius 2 is 1.70 bits per heavy atom. The number of para-hydroxylation sites is 1. The van der Waals surface area contributed by atoms with Crippen molar-refractivity contribution in [2.24, 2.45) is 0 Å². The van der Waals surface area contributed by atoms with Crippen molar-refractivity contribution in [1.82, 2.24) is 15.2 Å². The van der Waals surface area contributed by atoms with Gasteiger partial charge < -0.3 is 24.8 Å². The van der Waals surface area contributed by atoms with Crippen LogP contribution in [0.4, 0.5) is 10.1 Å². The lowest BCUT2D eigenvalue weighted by atomic mass is 9.99. The molecule has 7 heteroatoms. The third kappa shape index (κ3) is 6.13. The molecule has 0 saturated carbocycles. The van der Waals surface area contributed by atoms with E-state index in [4.69, 9.17) is 4.74 Å². The first-order valence-corrected chi connectivity index (χ1v) is 14.7. The summed E-state index contributed by atoms with van der Waals surface area (Å²) < 4.78 is 20.1. The lowest BCUT2D eigenvalue weighted by Gasteiger charge is -2.36. The van der Waals surface area contributed by atoms with Crippen LogP contribution in [0.5, 0.6) is 5.75 Å². The van der Waals surface area contributed by atoms with E-state index >= 15 is 0 Å². The Kier molecular flexibility index (Phi) is 8.16. The second kappa shape index (κ2) is 12.3. The van der Waals surface area contributed by atoms with Crippen LogP contribution in [0, 0.1) is 5.82 Å². The van der Waals surface area contributed by atoms with Gasteiger partial charge in [0.1, 0.15) is 11.6 Å². The summed E-state index contributed by atoms with van der Waals surface area (Å²) in [5.74, 6) is -0.180. The average Bonchev–Trinajstić information content (AvgIpc) is 3.48. The number of benzene rings is 4. The number of nitrogens with zero attached hydrogens (tertiary/aromatic N) is 2. The molecule has 1 amide bonds. The summed E-state index contributed by atoms with van der Waals surface area (Å²) in [5.41, 5.74) is 5.93. The van der Waals surface area contributed by atoms with Crippen LogP contribution < -0.4 is 15.0 Å². The number of aromatic nitrogens is 1. The highest BCUT2D eigenvalue weighted by Gasteiger charge is 2.24. The van der Waals surface area contributed by atoms with Gasteiger partial charge in [-0.25, -0.2) is 4.39 Å². The summed E-state index contributed by atoms with van der Waals surface area (Å²) in [5, 5.41) is 4.14. The third-order valence-corrected chi connectivity index (χ3v) is 8.53. The van der Waals surface area contributed by atoms with Gasteiger partial charge in [-0.3, -0.25) is 4.79 Å². The molecule has 0 radical (unpaired) electrons. The molecule has 4 aromatic carbocycles. The minimum atomic E-state index is -0.662. The molecular weight excluding hydrogens is 539 g/mol. The third-order valence-electron chi connectivity index (χ3n) is 8.53. The molecular formula is C36H37FN4O2. The number of hydrogen-bond donors (Lipinski definition) is 2. The molecule has 1 atom stereocenters. The van der Waals surface area contributed by atoms with E-state index in [-0.39, 0.29) is 5.91 Å². The number of ether oxygens (including phenoxy) is 1. The van der Waals surface area contributed by atoms with E-state index in [9.17, 15) is 9.18 Å². The Balaban J connectivity index is 1.25. The molecule has 2 N–H and O–H groups in total. The fourth-order valence-electron chi connectivity index (χ4n) is 6.06. The van der Waals surface area contributed by atoms with Gasteiger partial charge in [-0.1, -0.05) is 42.5 Å². The highest BCUT2D eigenvalue weighted by atomic mass is 19.1. The van der Waals surface area contributed by atoms with Gasteiger partial charge >= 0.3 is 0 Å². The van der Waals surface area contributed by atoms with Gasteiger partial charge in [0.05, 0.1) is 13.2 Å². The SMILES string of the molecule is COc1ccc(F)cc1[C@@H](NC(=O)c1cccc(-c2ccc(N3CCC(N(C)C)CC3)cc2)c1)c1cc2ccccc2[nH]1. The number of H-pyrrole nitrogens is 1. The van der Waals surface area contributed by atoms with Gasteiger partial charge in [-0.2, -0.15) is 0 Å². The monoisotopic (exact) mass is 576 g/mol. The van der Waals surface area contributed by atoms with Crippen LogP contribution in [0.15, 0.2) is 97.1 Å². The average molecular weight is 577 g/mol. The van der Waals surface area contributed by atoms with Crippen molar-refractivity contribution in [3.8, 4) is 16.9 Å². The van der Waals surface area contributed by atoms with Gasteiger partial charge in [-0.15, -0.1) is 0 Å². The van der Waals surface area contributed by atoms with Crippen LogP contribution in [0.1, 0.15) is 40.5 Å². The van der Waals surface area contributed by atoms with Crippen molar-refractivity contribution in [3.05, 3.63) is 120 Å². The minimum absolute atomic E-state index is 0.266. The lowest BCUT2D eigenvalue weighted by Crippen LogP contribution is -2.41. The summed E-state index contributed by atoms with van der Waals surface area (Å²) >= 11 is 0. The first-order chi connectivity index (χ1) is 20.9. The molecule has 0 bridgehead atoms. The Bertz CT molecular complexity index is 1690. The van der Waals surface area contributed by atoms with E-state index < -0.39 is 11.9 Å². The predicted octanol–water partition coefficient (Wildman–Crippen LogP) is 7.03. The number of halogens is 1. The minimum Gasteiger partial charge on any atom is -0.496 e. The molecule has 1 aliphatic rings. The summed E-state index contributed by atoms with van der Waals surface area (Å²) in [6.07, 6.45) is 2.32. The second-order valence-corrected chi connectivity index (χ2v) is 11.4. The maximum Gasteiger partial charge on any atom is 0.252 e. The van der Waals surface area contributed by atoms with Crippen molar-refractivity contribution in [3.63, 3.8) is 0 Å². The van der Waals surface area contributed by atoms with Crippen LogP contribution in [0.25, 0.3) is 22.0 Å². The van der Waals surface area contributed by atoms with Gasteiger partial charge in [0.2, 0.25) is 0 Å². The van der Waals surface area contributed by atoms with E-state index in [1.807, 2.05) is 48.5 Å². The number of aromatic amines is 1. The zero-order valence-corrected chi connectivity index (χ0v) is 24.8. The zero-order chi connectivity index (χ0) is 29.9. The lowest BCUT2D eigenvalue weighted by molar-refractivity contribution is 0.0942. The molecule has 5 aromatic rings. The Hall–Kier alpha value is -4.62. The van der Waals surface area contributed by atoms with Crippen molar-refractivity contribution < 1.29 is 13.9 Å². The number of anilines is 1. The number of hydrogen-bond acceptors (Lipinski definition) is 4. The molecule has 43 heavy (non-hydrogen) atoms. The molecule has 220 valence electrons. The highest BCUT2D eigenvalue weighted by molar-refractivity contribution is 5.96. The van der Waals surface area contributed by atoms with Gasteiger partial charge in [0.25, 0.3) is 5.91 Å². The Morgan fingerprint density at radius 1 is 0.930 bits per heavy atom. The molecule has 1 aromatic heterocycles. The van der Waals surface area contributed by atoms with Crippen molar-refractivity contribution in [2.75, 3.05) is 39.2 Å². The van der Waals surface area contributed by atoms with E-state index in [1.165, 1.54) is 17.8 Å². The van der Waals surface area contributed by atoms with Crippen molar-refractivity contribution in [2.45, 2.75) is 24.9 Å². The second-order valence-electron chi connectivity index (χ2n) is 11.4. The molecule has 0 aliphatic carbocycles. The predicted molar refractivity (Wildman–Crippen MR) is 171 cm³/mol. The van der Waals surface area contributed by atoms with E-state index in [0.717, 1.165) is 53.7 Å². The zero-order valence-electron chi connectivity index (χ0n) is 24.8. The number of rotatable bonds is 8. The highest BCUT2D eigenvalue weighted by Crippen LogP contribution is 2.33. The smallest absolute Gasteiger partial charge is 0.252 e. The number of amides is 1. The first kappa shape index (κ1) is 28.5. The molecule has 0 spiro atoms. The molecule has 1 aliphatic heterocycles. The molecule has 6 rings (SSSR count). The topological polar surface area (TPSA) is 60.6 Å². The van der Waals surface area contributed by atoms with E-state index in [2.05, 4.69) is 58.5 Å². The fraction of sp³-hybridized carbons (Fsp3) is 0.250. The fourth-order valence-corrected chi connectivity index (χ4v) is 6.06. The van der Waals surface area contributed by atoms with E-state index in [1.54, 1.807) is 19.2 Å². The number of nitrogens with one attached hydrogen (secondary N) is 2. The Morgan fingerprint density at radius 3 is 2.42 bits per heavy atom. The van der Waals surface area contributed by atoms with E-state index in [0.29, 0.717) is 22.9 Å². The molecule has 1 saturated heterocycles. The van der Waals surface area contributed by atoms with Crippen molar-refractivity contribution in [1.29, 1.82) is 0 Å². The molecule has 0 unspecified atom stereocenters. The van der Waals surface area contributed by atoms with Gasteiger partial charge in [0, 0.05) is 47.2 Å². The normalized spacial score (nSPS) is 14.7. The summed E-state index contributed by atoms with van der Waals surface area (Å²) in [7, 11) is 5.86. The standard InChI is InChI=1S/C36H37FN4O2/c1-40(2)29-17-19-41(20-18-29)30-14-11-24(12-15-30)25-8-6-9-27(21-25)36(42)39-35(31-23-28(37)13-16-34(31)43-3)33-22-26-7-4-5-10-32(26)38-33/h4-16,21-23,29,35,38H,17-20H2,1-3H3,(H,39,42)/t35-/m1/s1. The number of carbonyl (C=O) groups is 1. The van der Waals surface area contributed by atoms with Crippen LogP contribution in [0.3, 0.4) is 0 Å². The summed E-state index contributed by atoms with van der Waals surface area (Å²) in [6.45, 7) is 2.09. The maximum atomic E-state index is 14.5. The van der Waals surface area contributed by atoms with Crippen LogP contribution >= 0.6 is 0 Å². The first-order valence-electron chi connectivity index (χ1n) is 14.7. The summed E-state index contributed by atoms with van der Waals surface area (Å²) in [6, 6.07) is 30.4. The Labute approximate surface area is 252 Å². The van der Waals surface area contributed by atoms with Crippen LogP contribution in [0.2, 0.25) is 0 Å². The quantitative estimate of drug-likeness (QED) is 0.208. The number of fused-ring (bicyclic) bond motifs is 1. The molecule has 6 nitrogen and oxygen atoms in total. The van der Waals surface area contributed by atoms with Crippen LogP contribution in [-0.2, 0) is 0 Å². The van der Waals surface area contributed by atoms with Crippen molar-refractivity contribution >= 4 is 22.5 Å². The number of methoxy groups -OCH3 is 1. The maximum absolute atomic E-state index is 14.5. The molecule has 1 fully saturated rings. The number of carbonyl (C=O) groups excluding carboxylic acids is 1. The van der Waals surface area contributed by atoms with Gasteiger partial charge in [-0.05, 0) is 98.0 Å². The summed E-state index contributed by atoms with van der Waals surface area (Å²) in [4.78, 5) is 21.9. The largest absolute Gasteiger partial charge is 0.496 e. The molecule has 2 heterocycles. The van der Waals surface area contributed by atoms with Gasteiger partial charge in [0.15, 0.2) is 0 Å².